The Morgan fingerprint density at radius 1 is 1.04 bits per heavy atom. The van der Waals surface area contributed by atoms with Crippen molar-refractivity contribution < 1.29 is 24.1 Å². The van der Waals surface area contributed by atoms with Gasteiger partial charge in [-0.25, -0.2) is 0 Å². The van der Waals surface area contributed by atoms with Crippen LogP contribution in [0.25, 0.3) is 0 Å². The molecule has 0 radical (unpaired) electrons. The van der Waals surface area contributed by atoms with Crippen molar-refractivity contribution in [2.24, 2.45) is 0 Å². The molecular weight excluding hydrogens is 356 g/mol. The molecule has 152 valence electrons. The van der Waals surface area contributed by atoms with Gasteiger partial charge in [-0.2, -0.15) is 0 Å². The van der Waals surface area contributed by atoms with Crippen molar-refractivity contribution in [2.75, 3.05) is 63.8 Å². The molecular formula is C21H32N4O3+2. The highest BCUT2D eigenvalue weighted by Gasteiger charge is 2.36. The Morgan fingerprint density at radius 3 is 2.36 bits per heavy atom. The fourth-order valence-corrected chi connectivity index (χ4v) is 4.64. The second-order valence-corrected chi connectivity index (χ2v) is 8.24. The topological polar surface area (TPSA) is 58.7 Å². The zero-order chi connectivity index (χ0) is 19.5. The summed E-state index contributed by atoms with van der Waals surface area (Å²) in [7, 11) is 0. The first-order chi connectivity index (χ1) is 13.6. The Balaban J connectivity index is 1.32. The van der Waals surface area contributed by atoms with Crippen molar-refractivity contribution in [1.82, 2.24) is 4.90 Å². The van der Waals surface area contributed by atoms with E-state index in [1.54, 1.807) is 14.7 Å². The molecule has 1 atom stereocenters. The van der Waals surface area contributed by atoms with E-state index in [0.717, 1.165) is 31.9 Å². The number of amides is 2. The molecule has 4 rings (SSSR count). The van der Waals surface area contributed by atoms with Gasteiger partial charge in [0.1, 0.15) is 18.8 Å². The lowest BCUT2D eigenvalue weighted by molar-refractivity contribution is -0.954. The van der Waals surface area contributed by atoms with Gasteiger partial charge in [0.05, 0.1) is 51.5 Å². The van der Waals surface area contributed by atoms with Crippen LogP contribution in [-0.4, -0.2) is 81.7 Å². The number of nitrogens with zero attached hydrogens (tertiary/aromatic N) is 2. The summed E-state index contributed by atoms with van der Waals surface area (Å²) in [5.74, 6) is 0.553. The van der Waals surface area contributed by atoms with Crippen molar-refractivity contribution in [3.05, 3.63) is 24.3 Å². The van der Waals surface area contributed by atoms with Crippen molar-refractivity contribution in [2.45, 2.75) is 25.9 Å². The summed E-state index contributed by atoms with van der Waals surface area (Å²) in [6, 6.07) is 7.44. The quantitative estimate of drug-likeness (QED) is 0.641. The lowest BCUT2D eigenvalue weighted by Crippen LogP contribution is -3.21. The van der Waals surface area contributed by atoms with E-state index in [1.807, 2.05) is 29.2 Å². The van der Waals surface area contributed by atoms with Gasteiger partial charge in [-0.05, 0) is 12.1 Å². The molecule has 0 saturated carbocycles. The molecule has 28 heavy (non-hydrogen) atoms. The number of quaternary nitrogens is 2. The van der Waals surface area contributed by atoms with Gasteiger partial charge in [0.25, 0.3) is 5.91 Å². The van der Waals surface area contributed by atoms with Gasteiger partial charge in [0.15, 0.2) is 6.10 Å². The fraction of sp³-hybridized carbons (Fsp3) is 0.619. The van der Waals surface area contributed by atoms with Crippen LogP contribution in [0.4, 0.5) is 5.69 Å². The SMILES string of the molecule is CC(=O)N1C[C@H](C(=O)N2CC[NH+](CC[NH+]3CCCC3)CC2)Oc2ccccc21. The van der Waals surface area contributed by atoms with Gasteiger partial charge in [-0.1, -0.05) is 12.1 Å². The second kappa shape index (κ2) is 8.49. The van der Waals surface area contributed by atoms with Gasteiger partial charge in [0.2, 0.25) is 5.91 Å². The van der Waals surface area contributed by atoms with Crippen LogP contribution in [0.2, 0.25) is 0 Å². The van der Waals surface area contributed by atoms with Crippen molar-refractivity contribution >= 4 is 17.5 Å². The van der Waals surface area contributed by atoms with Crippen LogP contribution in [0.3, 0.4) is 0 Å². The highest BCUT2D eigenvalue weighted by molar-refractivity contribution is 5.95. The van der Waals surface area contributed by atoms with E-state index in [9.17, 15) is 9.59 Å². The summed E-state index contributed by atoms with van der Waals surface area (Å²) in [5.41, 5.74) is 0.748. The Bertz CT molecular complexity index is 711. The minimum absolute atomic E-state index is 0.00460. The summed E-state index contributed by atoms with van der Waals surface area (Å²) in [6.07, 6.45) is 2.12. The summed E-state index contributed by atoms with van der Waals surface area (Å²) in [5, 5.41) is 0. The molecule has 0 unspecified atom stereocenters. The minimum Gasteiger partial charge on any atom is -0.476 e. The molecule has 3 aliphatic rings. The highest BCUT2D eigenvalue weighted by atomic mass is 16.5. The third-order valence-corrected chi connectivity index (χ3v) is 6.35. The zero-order valence-corrected chi connectivity index (χ0v) is 16.8. The molecule has 0 aromatic heterocycles. The number of carbonyl (C=O) groups excluding carboxylic acids is 2. The van der Waals surface area contributed by atoms with Crippen LogP contribution in [0.5, 0.6) is 5.75 Å². The Labute approximate surface area is 166 Å². The van der Waals surface area contributed by atoms with Crippen LogP contribution in [0, 0.1) is 0 Å². The minimum atomic E-state index is -0.616. The summed E-state index contributed by atoms with van der Waals surface area (Å²) in [6.45, 7) is 10.5. The molecule has 0 aliphatic carbocycles. The number of carbonyl (C=O) groups is 2. The van der Waals surface area contributed by atoms with Gasteiger partial charge in [0, 0.05) is 19.8 Å². The molecule has 3 heterocycles. The largest absolute Gasteiger partial charge is 0.476 e. The van der Waals surface area contributed by atoms with Crippen molar-refractivity contribution in [1.29, 1.82) is 0 Å². The molecule has 3 aliphatic heterocycles. The van der Waals surface area contributed by atoms with E-state index in [0.29, 0.717) is 5.75 Å². The van der Waals surface area contributed by atoms with Crippen LogP contribution < -0.4 is 19.4 Å². The van der Waals surface area contributed by atoms with Crippen molar-refractivity contribution in [3.63, 3.8) is 0 Å². The number of rotatable bonds is 4. The number of anilines is 1. The molecule has 0 bridgehead atoms. The first-order valence-electron chi connectivity index (χ1n) is 10.6. The molecule has 0 spiro atoms. The first kappa shape index (κ1) is 19.2. The predicted octanol–water partition coefficient (Wildman–Crippen LogP) is -1.79. The number of hydrogen-bond donors (Lipinski definition) is 2. The third-order valence-electron chi connectivity index (χ3n) is 6.35. The number of ether oxygens (including phenoxy) is 1. The number of likely N-dealkylation sites (tertiary alicyclic amines) is 1. The van der Waals surface area contributed by atoms with Crippen LogP contribution in [0.15, 0.2) is 24.3 Å². The maximum Gasteiger partial charge on any atom is 0.265 e. The second-order valence-electron chi connectivity index (χ2n) is 8.24. The van der Waals surface area contributed by atoms with E-state index in [-0.39, 0.29) is 18.4 Å². The number of para-hydroxylation sites is 2. The summed E-state index contributed by atoms with van der Waals surface area (Å²) < 4.78 is 5.97. The van der Waals surface area contributed by atoms with Crippen LogP contribution in [0.1, 0.15) is 19.8 Å². The maximum atomic E-state index is 13.1. The Kier molecular flexibility index (Phi) is 5.82. The van der Waals surface area contributed by atoms with E-state index in [1.165, 1.54) is 45.9 Å². The average molecular weight is 389 g/mol. The fourth-order valence-electron chi connectivity index (χ4n) is 4.64. The van der Waals surface area contributed by atoms with Crippen molar-refractivity contribution in [3.8, 4) is 5.75 Å². The number of piperazine rings is 1. The molecule has 2 N–H and O–H groups in total. The molecule has 2 amide bonds. The van der Waals surface area contributed by atoms with Crippen LogP contribution >= 0.6 is 0 Å². The normalized spacial score (nSPS) is 23.4. The number of fused-ring (bicyclic) bond motifs is 1. The zero-order valence-electron chi connectivity index (χ0n) is 16.8. The molecule has 7 heteroatoms. The standard InChI is InChI=1S/C21H30N4O3/c1-17(26)25-16-20(28-19-7-3-2-6-18(19)25)21(27)24-14-12-23(13-15-24)11-10-22-8-4-5-9-22/h2-3,6-7,20H,4-5,8-16H2,1H3/p+2/t20-/m1/s1. The smallest absolute Gasteiger partial charge is 0.265 e. The van der Waals surface area contributed by atoms with E-state index in [2.05, 4.69) is 0 Å². The summed E-state index contributed by atoms with van der Waals surface area (Å²) in [4.78, 5) is 32.0. The van der Waals surface area contributed by atoms with Gasteiger partial charge < -0.3 is 24.3 Å². The van der Waals surface area contributed by atoms with Crippen LogP contribution in [-0.2, 0) is 9.59 Å². The lowest BCUT2D eigenvalue weighted by atomic mass is 10.1. The Hall–Kier alpha value is -2.12. The monoisotopic (exact) mass is 388 g/mol. The highest BCUT2D eigenvalue weighted by Crippen LogP contribution is 2.33. The number of hydrogen-bond acceptors (Lipinski definition) is 3. The number of nitrogens with one attached hydrogen (secondary N) is 2. The van der Waals surface area contributed by atoms with Gasteiger partial charge in [-0.15, -0.1) is 0 Å². The average Bonchev–Trinajstić information content (AvgIpc) is 3.25. The number of benzene rings is 1. The van der Waals surface area contributed by atoms with Gasteiger partial charge >= 0.3 is 0 Å². The molecule has 2 saturated heterocycles. The molecule has 1 aromatic carbocycles. The maximum absolute atomic E-state index is 13.1. The molecule has 2 fully saturated rings. The molecule has 1 aromatic rings. The van der Waals surface area contributed by atoms with E-state index in [4.69, 9.17) is 4.74 Å². The molecule has 7 nitrogen and oxygen atoms in total. The lowest BCUT2D eigenvalue weighted by Gasteiger charge is -2.38. The predicted molar refractivity (Wildman–Crippen MR) is 106 cm³/mol. The summed E-state index contributed by atoms with van der Waals surface area (Å²) >= 11 is 0. The van der Waals surface area contributed by atoms with E-state index < -0.39 is 6.10 Å². The van der Waals surface area contributed by atoms with E-state index >= 15 is 0 Å². The first-order valence-corrected chi connectivity index (χ1v) is 10.6. The Morgan fingerprint density at radius 2 is 1.68 bits per heavy atom. The van der Waals surface area contributed by atoms with Gasteiger partial charge in [-0.3, -0.25) is 9.59 Å². The third kappa shape index (κ3) is 4.15.